The number of ether oxygens (including phenoxy) is 2. The summed E-state index contributed by atoms with van der Waals surface area (Å²) in [6.45, 7) is 15.6. The van der Waals surface area contributed by atoms with Crippen molar-refractivity contribution >= 4 is 19.7 Å². The Balaban J connectivity index is 1.38. The molecule has 44 heavy (non-hydrogen) atoms. The van der Waals surface area contributed by atoms with Crippen LogP contribution in [0.3, 0.4) is 0 Å². The van der Waals surface area contributed by atoms with Gasteiger partial charge in [-0.3, -0.25) is 10.1 Å². The Morgan fingerprint density at radius 2 is 1.41 bits per heavy atom. The Morgan fingerprint density at radius 1 is 0.773 bits per heavy atom. The lowest BCUT2D eigenvalue weighted by molar-refractivity contribution is -0.385. The van der Waals surface area contributed by atoms with Crippen molar-refractivity contribution in [1.82, 2.24) is 0 Å². The summed E-state index contributed by atoms with van der Waals surface area (Å²) in [4.78, 5) is 13.5. The first-order valence-electron chi connectivity index (χ1n) is 15.1. The Morgan fingerprint density at radius 3 is 2.07 bits per heavy atom. The molecule has 0 unspecified atom stereocenters. The molecule has 0 heterocycles. The van der Waals surface area contributed by atoms with Gasteiger partial charge in [0.15, 0.2) is 8.32 Å². The van der Waals surface area contributed by atoms with E-state index in [-0.39, 0.29) is 15.6 Å². The number of nitro benzene ring substituents is 1. The molecule has 0 saturated heterocycles. The molecule has 232 valence electrons. The minimum Gasteiger partial charge on any atom is -0.493 e. The third-order valence-corrected chi connectivity index (χ3v) is 12.7. The topological polar surface area (TPSA) is 74.1 Å². The molecule has 0 aliphatic rings. The van der Waals surface area contributed by atoms with Crippen LogP contribution in [0.1, 0.15) is 43.9 Å². The van der Waals surface area contributed by atoms with Crippen LogP contribution in [-0.2, 0) is 17.5 Å². The van der Waals surface area contributed by atoms with Gasteiger partial charge in [-0.05, 0) is 66.5 Å². The zero-order valence-electron chi connectivity index (χ0n) is 26.7. The van der Waals surface area contributed by atoms with E-state index in [4.69, 9.17) is 13.9 Å². The highest BCUT2D eigenvalue weighted by molar-refractivity contribution is 6.74. The SMILES string of the molecule is Cc1c(N(Cc2ccccc2)Cc2ccc(Oc3cccc(OCCCO[Si](C)(C)C(C)(C)C)c3)cc2)cccc1[N+](=O)[O-]. The first-order valence-corrected chi connectivity index (χ1v) is 18.0. The molecule has 0 aliphatic carbocycles. The van der Waals surface area contributed by atoms with Gasteiger partial charge in [-0.15, -0.1) is 0 Å². The summed E-state index contributed by atoms with van der Waals surface area (Å²) in [5.74, 6) is 2.18. The Kier molecular flexibility index (Phi) is 10.8. The molecule has 0 amide bonds. The molecular formula is C36H44N2O5Si. The summed E-state index contributed by atoms with van der Waals surface area (Å²) >= 11 is 0. The fourth-order valence-electron chi connectivity index (χ4n) is 4.62. The van der Waals surface area contributed by atoms with Crippen molar-refractivity contribution in [2.45, 2.75) is 65.3 Å². The van der Waals surface area contributed by atoms with Crippen LogP contribution in [0.2, 0.25) is 18.1 Å². The lowest BCUT2D eigenvalue weighted by atomic mass is 10.1. The first-order chi connectivity index (χ1) is 20.9. The zero-order valence-corrected chi connectivity index (χ0v) is 27.7. The summed E-state index contributed by atoms with van der Waals surface area (Å²) in [7, 11) is -1.75. The standard InChI is InChI=1S/C36H44N2O5Si/c1-28-34(17-11-18-35(28)38(39)40)37(26-29-13-8-7-9-14-29)27-30-19-21-31(22-20-30)43-33-16-10-15-32(25-33)41-23-12-24-42-44(5,6)36(2,3)4/h7-11,13-22,25H,12,23-24,26-27H2,1-6H3. The molecule has 0 aromatic heterocycles. The van der Waals surface area contributed by atoms with Crippen LogP contribution in [0.25, 0.3) is 0 Å². The maximum atomic E-state index is 11.6. The third kappa shape index (κ3) is 8.94. The second-order valence-electron chi connectivity index (χ2n) is 12.6. The van der Waals surface area contributed by atoms with Gasteiger partial charge in [0.05, 0.1) is 17.1 Å². The van der Waals surface area contributed by atoms with Gasteiger partial charge >= 0.3 is 0 Å². The monoisotopic (exact) mass is 612 g/mol. The lowest BCUT2D eigenvalue weighted by Crippen LogP contribution is -2.41. The van der Waals surface area contributed by atoms with Gasteiger partial charge in [-0.2, -0.15) is 0 Å². The van der Waals surface area contributed by atoms with Gasteiger partial charge in [0.25, 0.3) is 5.69 Å². The summed E-state index contributed by atoms with van der Waals surface area (Å²) in [5.41, 5.74) is 3.81. The van der Waals surface area contributed by atoms with E-state index in [1.807, 2.05) is 79.7 Å². The van der Waals surface area contributed by atoms with Gasteiger partial charge in [0.2, 0.25) is 0 Å². The van der Waals surface area contributed by atoms with Crippen LogP contribution >= 0.6 is 0 Å². The van der Waals surface area contributed by atoms with Crippen molar-refractivity contribution in [3.63, 3.8) is 0 Å². The fraction of sp³-hybridized carbons (Fsp3) is 0.333. The molecule has 0 aliphatic heterocycles. The molecule has 0 bridgehead atoms. The van der Waals surface area contributed by atoms with Crippen molar-refractivity contribution in [3.8, 4) is 17.2 Å². The van der Waals surface area contributed by atoms with Crippen molar-refractivity contribution in [2.75, 3.05) is 18.1 Å². The molecule has 4 aromatic rings. The summed E-state index contributed by atoms with van der Waals surface area (Å²) < 4.78 is 18.4. The van der Waals surface area contributed by atoms with E-state index in [0.29, 0.717) is 37.6 Å². The largest absolute Gasteiger partial charge is 0.493 e. The maximum absolute atomic E-state index is 11.6. The van der Waals surface area contributed by atoms with E-state index in [1.54, 1.807) is 12.1 Å². The van der Waals surface area contributed by atoms with Crippen molar-refractivity contribution in [3.05, 3.63) is 124 Å². The molecule has 0 atom stereocenters. The van der Waals surface area contributed by atoms with Crippen LogP contribution in [0.5, 0.6) is 17.2 Å². The average Bonchev–Trinajstić information content (AvgIpc) is 2.98. The molecule has 0 saturated carbocycles. The summed E-state index contributed by atoms with van der Waals surface area (Å²) in [6.07, 6.45) is 0.830. The second-order valence-corrected chi connectivity index (χ2v) is 17.4. The second kappa shape index (κ2) is 14.6. The third-order valence-electron chi connectivity index (χ3n) is 8.19. The highest BCUT2D eigenvalue weighted by atomic mass is 28.4. The fourth-order valence-corrected chi connectivity index (χ4v) is 5.71. The Hall–Kier alpha value is -4.14. The number of nitro groups is 1. The first kappa shape index (κ1) is 32.8. The summed E-state index contributed by atoms with van der Waals surface area (Å²) in [5, 5.41) is 11.8. The predicted molar refractivity (Wildman–Crippen MR) is 180 cm³/mol. The number of hydrogen-bond acceptors (Lipinski definition) is 6. The van der Waals surface area contributed by atoms with Crippen molar-refractivity contribution in [1.29, 1.82) is 0 Å². The van der Waals surface area contributed by atoms with Gasteiger partial charge < -0.3 is 18.8 Å². The average molecular weight is 613 g/mol. The van der Waals surface area contributed by atoms with E-state index >= 15 is 0 Å². The van der Waals surface area contributed by atoms with E-state index in [1.165, 1.54) is 0 Å². The highest BCUT2D eigenvalue weighted by Gasteiger charge is 2.36. The molecule has 0 spiro atoms. The van der Waals surface area contributed by atoms with Crippen molar-refractivity contribution < 1.29 is 18.8 Å². The molecule has 0 radical (unpaired) electrons. The predicted octanol–water partition coefficient (Wildman–Crippen LogP) is 9.69. The summed E-state index contributed by atoms with van der Waals surface area (Å²) in [6, 6.07) is 31.0. The highest BCUT2D eigenvalue weighted by Crippen LogP contribution is 2.36. The number of anilines is 1. The van der Waals surface area contributed by atoms with E-state index in [9.17, 15) is 10.1 Å². The lowest BCUT2D eigenvalue weighted by Gasteiger charge is -2.36. The molecule has 0 N–H and O–H groups in total. The van der Waals surface area contributed by atoms with E-state index in [2.05, 4.69) is 50.9 Å². The van der Waals surface area contributed by atoms with Crippen molar-refractivity contribution in [2.24, 2.45) is 0 Å². The van der Waals surface area contributed by atoms with Crippen LogP contribution in [0.15, 0.2) is 97.1 Å². The molecule has 7 nitrogen and oxygen atoms in total. The number of hydrogen-bond donors (Lipinski definition) is 0. The van der Waals surface area contributed by atoms with Gasteiger partial charge in [-0.1, -0.05) is 75.4 Å². The molecule has 4 rings (SSSR count). The number of benzene rings is 4. The van der Waals surface area contributed by atoms with Crippen LogP contribution in [0.4, 0.5) is 11.4 Å². The van der Waals surface area contributed by atoms with E-state index in [0.717, 1.165) is 34.7 Å². The Bertz CT molecular complexity index is 1520. The molecule has 0 fully saturated rings. The van der Waals surface area contributed by atoms with E-state index < -0.39 is 8.32 Å². The van der Waals surface area contributed by atoms with Crippen LogP contribution < -0.4 is 14.4 Å². The molecule has 8 heteroatoms. The van der Waals surface area contributed by atoms with Crippen LogP contribution in [0, 0.1) is 17.0 Å². The smallest absolute Gasteiger partial charge is 0.274 e. The van der Waals surface area contributed by atoms with Crippen LogP contribution in [-0.4, -0.2) is 26.5 Å². The minimum atomic E-state index is -1.75. The molecule has 4 aromatic carbocycles. The maximum Gasteiger partial charge on any atom is 0.274 e. The van der Waals surface area contributed by atoms with Gasteiger partial charge in [0.1, 0.15) is 17.2 Å². The quantitative estimate of drug-likeness (QED) is 0.0611. The normalized spacial score (nSPS) is 11.7. The number of rotatable bonds is 14. The zero-order chi connectivity index (χ0) is 31.7. The number of nitrogens with zero attached hydrogens (tertiary/aromatic N) is 2. The minimum absolute atomic E-state index is 0.120. The Labute approximate surface area is 262 Å². The van der Waals surface area contributed by atoms with Gasteiger partial charge in [-0.25, -0.2) is 0 Å². The molecular weight excluding hydrogens is 568 g/mol. The van der Waals surface area contributed by atoms with Gasteiger partial charge in [0, 0.05) is 43.9 Å².